The van der Waals surface area contributed by atoms with Crippen LogP contribution in [0.1, 0.15) is 88.7 Å². The Kier molecular flexibility index (Phi) is 7.31. The van der Waals surface area contributed by atoms with Crippen LogP contribution in [0.15, 0.2) is 121 Å². The lowest BCUT2D eigenvalue weighted by atomic mass is 9.49. The lowest BCUT2D eigenvalue weighted by Gasteiger charge is -2.57. The van der Waals surface area contributed by atoms with E-state index in [1.807, 2.05) is 0 Å². The number of benzene rings is 5. The molecule has 288 valence electrons. The van der Waals surface area contributed by atoms with E-state index in [1.165, 1.54) is 110 Å². The Labute approximate surface area is 340 Å². The molecule has 2 aromatic heterocycles. The van der Waals surface area contributed by atoms with Crippen LogP contribution in [0, 0.1) is 35.5 Å². The van der Waals surface area contributed by atoms with E-state index < -0.39 is 0 Å². The number of aromatic nitrogens is 4. The zero-order valence-corrected chi connectivity index (χ0v) is 33.2. The molecule has 58 heavy (non-hydrogen) atoms. The first-order chi connectivity index (χ1) is 28.5. The molecule has 0 N–H and O–H groups in total. The number of para-hydroxylation sites is 2. The summed E-state index contributed by atoms with van der Waals surface area (Å²) < 4.78 is 9.54. The molecular formula is C53H50N4O. The minimum atomic E-state index is 0.0616. The van der Waals surface area contributed by atoms with Crippen molar-refractivity contribution in [2.45, 2.75) is 87.9 Å². The van der Waals surface area contributed by atoms with E-state index >= 15 is 0 Å². The van der Waals surface area contributed by atoms with E-state index in [1.54, 1.807) is 0 Å². The molecule has 0 amide bonds. The minimum absolute atomic E-state index is 0.0616. The van der Waals surface area contributed by atoms with E-state index in [0.717, 1.165) is 69.6 Å². The van der Waals surface area contributed by atoms with Gasteiger partial charge in [0.05, 0.1) is 16.7 Å². The summed E-state index contributed by atoms with van der Waals surface area (Å²) in [5, 5.41) is 2.44. The van der Waals surface area contributed by atoms with Gasteiger partial charge < -0.3 is 9.30 Å². The average molecular weight is 759 g/mol. The summed E-state index contributed by atoms with van der Waals surface area (Å²) in [5.74, 6) is 7.78. The number of nitrogens with zero attached hydrogens (tertiary/aromatic N) is 4. The highest BCUT2D eigenvalue weighted by Crippen LogP contribution is 2.62. The Morgan fingerprint density at radius 2 is 0.845 bits per heavy atom. The van der Waals surface area contributed by atoms with E-state index in [4.69, 9.17) is 19.7 Å². The van der Waals surface area contributed by atoms with Crippen molar-refractivity contribution in [2.24, 2.45) is 35.5 Å². The lowest BCUT2D eigenvalue weighted by molar-refractivity contribution is -0.0161. The molecule has 0 unspecified atom stereocenters. The first-order valence-corrected chi connectivity index (χ1v) is 22.3. The van der Waals surface area contributed by atoms with Crippen LogP contribution in [-0.4, -0.2) is 19.5 Å². The maximum absolute atomic E-state index is 7.14. The summed E-state index contributed by atoms with van der Waals surface area (Å²) in [4.78, 5) is 16.5. The molecule has 7 aromatic rings. The van der Waals surface area contributed by atoms with Crippen LogP contribution < -0.4 is 4.74 Å². The Morgan fingerprint density at radius 1 is 0.431 bits per heavy atom. The van der Waals surface area contributed by atoms with Gasteiger partial charge in [0.1, 0.15) is 11.6 Å². The first-order valence-electron chi connectivity index (χ1n) is 22.3. The van der Waals surface area contributed by atoms with Crippen LogP contribution in [0.5, 0.6) is 11.8 Å². The van der Waals surface area contributed by atoms with Crippen LogP contribution >= 0.6 is 0 Å². The third kappa shape index (κ3) is 5.30. The van der Waals surface area contributed by atoms with Gasteiger partial charge in [0.2, 0.25) is 0 Å². The molecular weight excluding hydrogens is 709 g/mol. The van der Waals surface area contributed by atoms with E-state index in [2.05, 4.69) is 126 Å². The number of hydrogen-bond acceptors (Lipinski definition) is 4. The highest BCUT2D eigenvalue weighted by Gasteiger charge is 2.56. The molecule has 0 saturated heterocycles. The fraction of sp³-hybridized carbons (Fsp3) is 0.377. The second-order valence-electron chi connectivity index (χ2n) is 19.8. The van der Waals surface area contributed by atoms with Gasteiger partial charge in [-0.2, -0.15) is 9.97 Å². The highest BCUT2D eigenvalue weighted by atomic mass is 16.5. The molecule has 8 fully saturated rings. The minimum Gasteiger partial charge on any atom is -0.422 e. The maximum atomic E-state index is 7.14. The van der Waals surface area contributed by atoms with Crippen LogP contribution in [-0.2, 0) is 10.8 Å². The summed E-state index contributed by atoms with van der Waals surface area (Å²) in [6, 6.07) is 44.3. The molecule has 0 aliphatic heterocycles. The zero-order valence-electron chi connectivity index (χ0n) is 33.2. The number of ether oxygens (including phenoxy) is 1. The number of fused-ring (bicyclic) bond motifs is 3. The van der Waals surface area contributed by atoms with Gasteiger partial charge in [-0.1, -0.05) is 84.9 Å². The summed E-state index contributed by atoms with van der Waals surface area (Å²) in [6.07, 6.45) is 15.8. The van der Waals surface area contributed by atoms with Crippen molar-refractivity contribution in [1.82, 2.24) is 19.5 Å². The standard InChI is InChI=1S/C53H50N4O/c1-3-9-39(10-4-1)41-15-17-45-43(25-41)44-26-42(40-11-5-2-6-12-40)16-18-46(44)57(45)47-13-7-8-14-48(47)58-51-55-49(52-27-33-19-34(28-52)21-35(20-33)29-52)54-50(56-51)53-30-36-22-37(31-53)24-38(23-36)32-53/h1-18,25-26,33-38H,19-24,27-32H2. The fourth-order valence-electron chi connectivity index (χ4n) is 14.4. The second-order valence-corrected chi connectivity index (χ2v) is 19.8. The van der Waals surface area contributed by atoms with Gasteiger partial charge in [-0.3, -0.25) is 0 Å². The van der Waals surface area contributed by atoms with Crippen molar-refractivity contribution in [3.05, 3.63) is 133 Å². The van der Waals surface area contributed by atoms with Crippen molar-refractivity contribution in [3.8, 4) is 39.7 Å². The predicted octanol–water partition coefficient (Wildman–Crippen LogP) is 13.0. The summed E-state index contributed by atoms with van der Waals surface area (Å²) in [7, 11) is 0. The highest BCUT2D eigenvalue weighted by molar-refractivity contribution is 6.11. The monoisotopic (exact) mass is 758 g/mol. The Balaban J connectivity index is 0.967. The molecule has 5 heteroatoms. The van der Waals surface area contributed by atoms with E-state index in [0.29, 0.717) is 6.01 Å². The number of hydrogen-bond donors (Lipinski definition) is 0. The number of rotatable bonds is 7. The first kappa shape index (κ1) is 33.7. The van der Waals surface area contributed by atoms with Gasteiger partial charge >= 0.3 is 6.01 Å². The Hall–Kier alpha value is -5.29. The van der Waals surface area contributed by atoms with Crippen molar-refractivity contribution in [1.29, 1.82) is 0 Å². The van der Waals surface area contributed by atoms with Crippen molar-refractivity contribution in [2.75, 3.05) is 0 Å². The van der Waals surface area contributed by atoms with E-state index in [-0.39, 0.29) is 10.8 Å². The molecule has 8 aliphatic carbocycles. The molecule has 5 aromatic carbocycles. The molecule has 15 rings (SSSR count). The molecule has 0 atom stereocenters. The van der Waals surface area contributed by atoms with Gasteiger partial charge in [0.25, 0.3) is 0 Å². The van der Waals surface area contributed by atoms with E-state index in [9.17, 15) is 0 Å². The van der Waals surface area contributed by atoms with Gasteiger partial charge in [-0.05, 0) is 171 Å². The molecule has 2 heterocycles. The van der Waals surface area contributed by atoms with Gasteiger partial charge in [-0.15, -0.1) is 0 Å². The molecule has 0 spiro atoms. The van der Waals surface area contributed by atoms with Crippen LogP contribution in [0.25, 0.3) is 49.7 Å². The predicted molar refractivity (Wildman–Crippen MR) is 231 cm³/mol. The smallest absolute Gasteiger partial charge is 0.325 e. The van der Waals surface area contributed by atoms with Crippen LogP contribution in [0.3, 0.4) is 0 Å². The molecule has 5 nitrogen and oxygen atoms in total. The van der Waals surface area contributed by atoms with Crippen molar-refractivity contribution in [3.63, 3.8) is 0 Å². The molecule has 8 bridgehead atoms. The van der Waals surface area contributed by atoms with Gasteiger partial charge in [0, 0.05) is 21.6 Å². The van der Waals surface area contributed by atoms with Crippen molar-refractivity contribution >= 4 is 21.8 Å². The Bertz CT molecular complexity index is 2500. The topological polar surface area (TPSA) is 52.8 Å². The maximum Gasteiger partial charge on any atom is 0.325 e. The largest absolute Gasteiger partial charge is 0.422 e. The fourth-order valence-corrected chi connectivity index (χ4v) is 14.4. The summed E-state index contributed by atoms with van der Waals surface area (Å²) >= 11 is 0. The lowest BCUT2D eigenvalue weighted by Crippen LogP contribution is -2.51. The molecule has 8 saturated carbocycles. The summed E-state index contributed by atoms with van der Waals surface area (Å²) in [6.45, 7) is 0. The third-order valence-corrected chi connectivity index (χ3v) is 15.9. The zero-order chi connectivity index (χ0) is 38.0. The molecule has 8 aliphatic rings. The van der Waals surface area contributed by atoms with Gasteiger partial charge in [-0.25, -0.2) is 4.98 Å². The van der Waals surface area contributed by atoms with Crippen LogP contribution in [0.4, 0.5) is 0 Å². The second kappa shape index (κ2) is 12.6. The third-order valence-electron chi connectivity index (χ3n) is 15.9. The SMILES string of the molecule is c1ccc(-c2ccc3c(c2)c2cc(-c4ccccc4)ccc2n3-c2ccccc2Oc2nc(C34CC5CC(CC(C5)C3)C4)nc(C34CC5CC(CC(C5)C3)C4)n2)cc1. The van der Waals surface area contributed by atoms with Crippen molar-refractivity contribution < 1.29 is 4.74 Å². The van der Waals surface area contributed by atoms with Crippen LogP contribution in [0.2, 0.25) is 0 Å². The molecule has 0 radical (unpaired) electrons. The average Bonchev–Trinajstić information content (AvgIpc) is 3.56. The quantitative estimate of drug-likeness (QED) is 0.162. The summed E-state index contributed by atoms with van der Waals surface area (Å²) in [5.41, 5.74) is 8.27. The normalized spacial score (nSPS) is 30.4. The van der Waals surface area contributed by atoms with Gasteiger partial charge in [0.15, 0.2) is 5.75 Å². The Morgan fingerprint density at radius 3 is 1.29 bits per heavy atom.